The Morgan fingerprint density at radius 3 is 2.36 bits per heavy atom. The number of hydrogen-bond donors (Lipinski definition) is 0. The molecule has 0 amide bonds. The molecular weight excluding hydrogens is 162 g/mol. The third kappa shape index (κ3) is 2.93. The normalized spacial score (nSPS) is 10.4. The first kappa shape index (κ1) is 8.60. The summed E-state index contributed by atoms with van der Waals surface area (Å²) in [5, 5.41) is 3.47. The van der Waals surface area contributed by atoms with E-state index in [1.807, 2.05) is 6.07 Å². The van der Waals surface area contributed by atoms with Crippen LogP contribution in [-0.4, -0.2) is 11.0 Å². The SMILES string of the molecule is CCCCCCl.c1c2noc1-2. The van der Waals surface area contributed by atoms with E-state index in [1.54, 1.807) is 0 Å². The van der Waals surface area contributed by atoms with E-state index in [4.69, 9.17) is 11.6 Å². The summed E-state index contributed by atoms with van der Waals surface area (Å²) in [6.45, 7) is 2.17. The molecular formula is C8H12ClNO. The molecule has 0 spiro atoms. The maximum absolute atomic E-state index is 5.38. The van der Waals surface area contributed by atoms with Crippen molar-refractivity contribution in [2.24, 2.45) is 0 Å². The number of aromatic nitrogens is 1. The van der Waals surface area contributed by atoms with Crippen LogP contribution in [0, 0.1) is 0 Å². The van der Waals surface area contributed by atoms with Gasteiger partial charge in [-0.1, -0.05) is 24.9 Å². The van der Waals surface area contributed by atoms with Crippen molar-refractivity contribution in [3.63, 3.8) is 0 Å². The number of unbranched alkanes of at least 4 members (excludes halogenated alkanes) is 2. The lowest BCUT2D eigenvalue weighted by molar-refractivity contribution is 0.394. The molecule has 0 bridgehead atoms. The van der Waals surface area contributed by atoms with Gasteiger partial charge in [0.1, 0.15) is 0 Å². The topological polar surface area (TPSA) is 26.0 Å². The Morgan fingerprint density at radius 1 is 1.55 bits per heavy atom. The maximum Gasteiger partial charge on any atom is 0.189 e. The minimum Gasteiger partial charge on any atom is -0.354 e. The van der Waals surface area contributed by atoms with Crippen molar-refractivity contribution in [1.29, 1.82) is 0 Å². The van der Waals surface area contributed by atoms with Gasteiger partial charge in [0.15, 0.2) is 11.5 Å². The molecule has 0 fully saturated rings. The summed E-state index contributed by atoms with van der Waals surface area (Å²) >= 11 is 5.38. The van der Waals surface area contributed by atoms with Gasteiger partial charge in [-0.15, -0.1) is 11.6 Å². The molecule has 1 heterocycles. The van der Waals surface area contributed by atoms with E-state index in [-0.39, 0.29) is 0 Å². The van der Waals surface area contributed by atoms with Gasteiger partial charge in [-0.05, 0) is 6.42 Å². The number of halogens is 1. The van der Waals surface area contributed by atoms with E-state index in [2.05, 4.69) is 16.6 Å². The second-order valence-electron chi connectivity index (χ2n) is 2.47. The Hall–Kier alpha value is -0.500. The molecule has 2 rings (SSSR count). The Bertz CT molecular complexity index is 182. The summed E-state index contributed by atoms with van der Waals surface area (Å²) < 4.78 is 4.45. The minimum absolute atomic E-state index is 0.827. The number of hydrogen-bond acceptors (Lipinski definition) is 2. The van der Waals surface area contributed by atoms with Crippen molar-refractivity contribution < 1.29 is 4.52 Å². The molecule has 0 aromatic heterocycles. The molecule has 0 N–H and O–H groups in total. The van der Waals surface area contributed by atoms with Crippen LogP contribution in [0.1, 0.15) is 26.2 Å². The van der Waals surface area contributed by atoms with Gasteiger partial charge in [-0.3, -0.25) is 0 Å². The molecule has 2 nitrogen and oxygen atoms in total. The fraction of sp³-hybridized carbons (Fsp3) is 0.625. The Morgan fingerprint density at radius 2 is 2.27 bits per heavy atom. The van der Waals surface area contributed by atoms with Crippen LogP contribution < -0.4 is 0 Å². The third-order valence-electron chi connectivity index (χ3n) is 1.42. The first-order valence-electron chi connectivity index (χ1n) is 3.91. The molecule has 0 radical (unpaired) electrons. The fourth-order valence-electron chi connectivity index (χ4n) is 0.636. The largest absolute Gasteiger partial charge is 0.354 e. The van der Waals surface area contributed by atoms with Gasteiger partial charge < -0.3 is 4.52 Å². The second-order valence-corrected chi connectivity index (χ2v) is 2.85. The molecule has 0 aromatic carbocycles. The number of alkyl halides is 1. The highest BCUT2D eigenvalue weighted by atomic mass is 35.5. The van der Waals surface area contributed by atoms with E-state index in [1.165, 1.54) is 19.3 Å². The lowest BCUT2D eigenvalue weighted by Crippen LogP contribution is -1.70. The molecule has 0 atom stereocenters. The average Bonchev–Trinajstić information content (AvgIpc) is 2.56. The molecule has 0 saturated heterocycles. The molecule has 1 aliphatic heterocycles. The van der Waals surface area contributed by atoms with Crippen LogP contribution in [0.2, 0.25) is 0 Å². The van der Waals surface area contributed by atoms with E-state index >= 15 is 0 Å². The van der Waals surface area contributed by atoms with E-state index in [9.17, 15) is 0 Å². The Labute approximate surface area is 71.5 Å². The van der Waals surface area contributed by atoms with Crippen LogP contribution >= 0.6 is 11.6 Å². The predicted octanol–water partition coefficient (Wildman–Crippen LogP) is 3.07. The Kier molecular flexibility index (Phi) is 3.43. The summed E-state index contributed by atoms with van der Waals surface area (Å²) in [6.07, 6.45) is 3.73. The van der Waals surface area contributed by atoms with Gasteiger partial charge in [0.25, 0.3) is 0 Å². The van der Waals surface area contributed by atoms with Crippen molar-refractivity contribution >= 4 is 11.6 Å². The summed E-state index contributed by atoms with van der Waals surface area (Å²) in [7, 11) is 0. The average molecular weight is 174 g/mol. The maximum atomic E-state index is 5.38. The fourth-order valence-corrected chi connectivity index (χ4v) is 0.825. The molecule has 0 aromatic rings. The lowest BCUT2D eigenvalue weighted by atomic mass is 10.3. The highest BCUT2D eigenvalue weighted by molar-refractivity contribution is 6.17. The predicted molar refractivity (Wildman–Crippen MR) is 45.7 cm³/mol. The van der Waals surface area contributed by atoms with E-state index in [0.717, 1.165) is 17.3 Å². The van der Waals surface area contributed by atoms with Gasteiger partial charge in [0.05, 0.1) is 0 Å². The van der Waals surface area contributed by atoms with Crippen molar-refractivity contribution in [1.82, 2.24) is 5.16 Å². The number of fused-ring (bicyclic) bond motifs is 1. The summed E-state index contributed by atoms with van der Waals surface area (Å²) in [6, 6.07) is 1.89. The van der Waals surface area contributed by atoms with Gasteiger partial charge in [-0.2, -0.15) is 0 Å². The van der Waals surface area contributed by atoms with E-state index in [0.29, 0.717) is 0 Å². The summed E-state index contributed by atoms with van der Waals surface area (Å²) in [4.78, 5) is 0. The number of nitrogens with zero attached hydrogens (tertiary/aromatic N) is 1. The molecule has 2 aliphatic rings. The quantitative estimate of drug-likeness (QED) is 0.527. The monoisotopic (exact) mass is 173 g/mol. The Balaban J connectivity index is 0.000000110. The highest BCUT2D eigenvalue weighted by Gasteiger charge is 2.20. The molecule has 0 unspecified atom stereocenters. The van der Waals surface area contributed by atoms with Gasteiger partial charge >= 0.3 is 0 Å². The van der Waals surface area contributed by atoms with Gasteiger partial charge in [-0.25, -0.2) is 0 Å². The zero-order chi connectivity index (χ0) is 8.10. The van der Waals surface area contributed by atoms with Crippen LogP contribution in [0.3, 0.4) is 0 Å². The van der Waals surface area contributed by atoms with Gasteiger partial charge in [0, 0.05) is 11.9 Å². The second kappa shape index (κ2) is 4.39. The van der Waals surface area contributed by atoms with Crippen LogP contribution in [0.5, 0.6) is 0 Å². The number of rotatable bonds is 3. The lowest BCUT2D eigenvalue weighted by Gasteiger charge is -1.84. The van der Waals surface area contributed by atoms with Crippen LogP contribution in [-0.2, 0) is 0 Å². The van der Waals surface area contributed by atoms with Crippen LogP contribution in [0.15, 0.2) is 10.6 Å². The smallest absolute Gasteiger partial charge is 0.189 e. The van der Waals surface area contributed by atoms with Crippen molar-refractivity contribution in [3.05, 3.63) is 6.07 Å². The van der Waals surface area contributed by atoms with Crippen molar-refractivity contribution in [3.8, 4) is 11.5 Å². The van der Waals surface area contributed by atoms with Crippen molar-refractivity contribution in [2.75, 3.05) is 5.88 Å². The molecule has 11 heavy (non-hydrogen) atoms. The standard InChI is InChI=1S/C5H11Cl.C3HNO/c1-2-3-4-5-6;1-2-3(1)5-4-2/h2-5H2,1H3;1H. The first-order valence-corrected chi connectivity index (χ1v) is 4.45. The van der Waals surface area contributed by atoms with Crippen LogP contribution in [0.4, 0.5) is 0 Å². The highest BCUT2D eigenvalue weighted by Crippen LogP contribution is 2.32. The summed E-state index contributed by atoms with van der Waals surface area (Å²) in [5.41, 5.74) is 1.05. The van der Waals surface area contributed by atoms with E-state index < -0.39 is 0 Å². The van der Waals surface area contributed by atoms with Crippen molar-refractivity contribution in [2.45, 2.75) is 26.2 Å². The summed E-state index contributed by atoms with van der Waals surface area (Å²) in [5.74, 6) is 1.80. The van der Waals surface area contributed by atoms with Gasteiger partial charge in [0.2, 0.25) is 0 Å². The zero-order valence-corrected chi connectivity index (χ0v) is 7.40. The molecule has 0 saturated carbocycles. The first-order chi connectivity index (χ1) is 5.38. The molecule has 62 valence electrons. The van der Waals surface area contributed by atoms with Crippen LogP contribution in [0.25, 0.3) is 11.5 Å². The third-order valence-corrected chi connectivity index (χ3v) is 1.68. The minimum atomic E-state index is 0.827. The zero-order valence-electron chi connectivity index (χ0n) is 6.64. The molecule has 1 aliphatic carbocycles. The molecule has 3 heteroatoms.